The predicted octanol–water partition coefficient (Wildman–Crippen LogP) is 4.35. The number of carbonyl (C=O) groups is 2. The maximum Gasteiger partial charge on any atom is 0.261 e. The van der Waals surface area contributed by atoms with Crippen molar-refractivity contribution in [2.45, 2.75) is 65.5 Å². The number of amides is 2. The number of benzene rings is 2. The summed E-state index contributed by atoms with van der Waals surface area (Å²) in [7, 11) is 0. The van der Waals surface area contributed by atoms with E-state index in [4.69, 9.17) is 4.74 Å². The van der Waals surface area contributed by atoms with Crippen LogP contribution < -0.4 is 10.1 Å². The first-order valence-electron chi connectivity index (χ1n) is 10.9. The number of nitrogens with one attached hydrogen (secondary N) is 1. The molecule has 2 aromatic rings. The summed E-state index contributed by atoms with van der Waals surface area (Å²) in [6.45, 7) is 12.4. The molecule has 5 nitrogen and oxygen atoms in total. The fraction of sp³-hybridized carbons (Fsp3) is 0.462. The number of hydrogen-bond donors (Lipinski definition) is 1. The van der Waals surface area contributed by atoms with Gasteiger partial charge in [0.1, 0.15) is 11.8 Å². The van der Waals surface area contributed by atoms with E-state index in [0.29, 0.717) is 18.7 Å². The van der Waals surface area contributed by atoms with Gasteiger partial charge in [-0.2, -0.15) is 0 Å². The minimum Gasteiger partial charge on any atom is -0.484 e. The van der Waals surface area contributed by atoms with Gasteiger partial charge in [-0.05, 0) is 55.9 Å². The molecular formula is C26H36N2O3. The van der Waals surface area contributed by atoms with Crippen LogP contribution in [0.2, 0.25) is 0 Å². The zero-order valence-electron chi connectivity index (χ0n) is 19.6. The Morgan fingerprint density at radius 2 is 1.58 bits per heavy atom. The van der Waals surface area contributed by atoms with Crippen molar-refractivity contribution in [3.05, 3.63) is 65.7 Å². The monoisotopic (exact) mass is 424 g/mol. The summed E-state index contributed by atoms with van der Waals surface area (Å²) in [5.41, 5.74) is 2.38. The third kappa shape index (κ3) is 7.74. The molecule has 0 radical (unpaired) electrons. The summed E-state index contributed by atoms with van der Waals surface area (Å²) in [6.07, 6.45) is 0.673. The van der Waals surface area contributed by atoms with Gasteiger partial charge in [0.05, 0.1) is 0 Å². The summed E-state index contributed by atoms with van der Waals surface area (Å²) < 4.78 is 5.76. The second-order valence-electron chi connectivity index (χ2n) is 9.23. The van der Waals surface area contributed by atoms with E-state index in [0.717, 1.165) is 5.56 Å². The molecule has 0 aliphatic heterocycles. The molecular weight excluding hydrogens is 388 g/mol. The molecule has 2 aromatic carbocycles. The number of ether oxygens (including phenoxy) is 1. The molecule has 0 aliphatic carbocycles. The lowest BCUT2D eigenvalue weighted by molar-refractivity contribution is -0.141. The third-order valence-corrected chi connectivity index (χ3v) is 5.17. The van der Waals surface area contributed by atoms with E-state index in [-0.39, 0.29) is 29.9 Å². The Balaban J connectivity index is 2.06. The highest BCUT2D eigenvalue weighted by Gasteiger charge is 2.26. The zero-order valence-corrected chi connectivity index (χ0v) is 19.6. The molecule has 2 rings (SSSR count). The standard InChI is InChI=1S/C26H36N2O3/c1-19(2)27-25(30)20(3)28(17-16-21-10-8-7-9-11-21)24(29)18-31-23-14-12-22(13-15-23)26(4,5)6/h7-15,19-20H,16-18H2,1-6H3,(H,27,30)/t20-/m1/s1. The fourth-order valence-corrected chi connectivity index (χ4v) is 3.25. The first-order chi connectivity index (χ1) is 14.6. The molecule has 168 valence electrons. The van der Waals surface area contributed by atoms with Crippen LogP contribution in [0.3, 0.4) is 0 Å². The maximum atomic E-state index is 13.0. The molecule has 2 amide bonds. The van der Waals surface area contributed by atoms with Crippen molar-refractivity contribution in [3.63, 3.8) is 0 Å². The van der Waals surface area contributed by atoms with Crippen LogP contribution in [0, 0.1) is 0 Å². The summed E-state index contributed by atoms with van der Waals surface area (Å²) in [6, 6.07) is 17.2. The van der Waals surface area contributed by atoms with Crippen LogP contribution in [0.15, 0.2) is 54.6 Å². The summed E-state index contributed by atoms with van der Waals surface area (Å²) in [5, 5.41) is 2.90. The molecule has 0 saturated heterocycles. The van der Waals surface area contributed by atoms with Gasteiger partial charge in [0.15, 0.2) is 6.61 Å². The maximum absolute atomic E-state index is 13.0. The molecule has 0 aliphatic rings. The first-order valence-corrected chi connectivity index (χ1v) is 10.9. The van der Waals surface area contributed by atoms with E-state index in [1.54, 1.807) is 11.8 Å². The lowest BCUT2D eigenvalue weighted by atomic mass is 9.87. The minimum atomic E-state index is -0.578. The molecule has 0 fully saturated rings. The topological polar surface area (TPSA) is 58.6 Å². The molecule has 0 unspecified atom stereocenters. The van der Waals surface area contributed by atoms with E-state index in [9.17, 15) is 9.59 Å². The fourth-order valence-electron chi connectivity index (χ4n) is 3.25. The highest BCUT2D eigenvalue weighted by molar-refractivity contribution is 5.88. The molecule has 1 atom stereocenters. The van der Waals surface area contributed by atoms with Crippen molar-refractivity contribution >= 4 is 11.8 Å². The summed E-state index contributed by atoms with van der Waals surface area (Å²) in [5.74, 6) is 0.275. The van der Waals surface area contributed by atoms with Crippen LogP contribution in [-0.4, -0.2) is 41.9 Å². The van der Waals surface area contributed by atoms with Gasteiger partial charge in [0, 0.05) is 12.6 Å². The molecule has 0 aromatic heterocycles. The first kappa shape index (κ1) is 24.4. The molecule has 0 bridgehead atoms. The van der Waals surface area contributed by atoms with Crippen LogP contribution in [0.1, 0.15) is 52.7 Å². The molecule has 0 spiro atoms. The molecule has 31 heavy (non-hydrogen) atoms. The van der Waals surface area contributed by atoms with Crippen LogP contribution in [0.25, 0.3) is 0 Å². The Morgan fingerprint density at radius 1 is 0.968 bits per heavy atom. The van der Waals surface area contributed by atoms with Gasteiger partial charge >= 0.3 is 0 Å². The van der Waals surface area contributed by atoms with Crippen LogP contribution in [0.4, 0.5) is 0 Å². The van der Waals surface area contributed by atoms with Gasteiger partial charge in [-0.1, -0.05) is 63.2 Å². The van der Waals surface area contributed by atoms with Crippen molar-refractivity contribution in [2.24, 2.45) is 0 Å². The van der Waals surface area contributed by atoms with Crippen molar-refractivity contribution in [1.29, 1.82) is 0 Å². The van der Waals surface area contributed by atoms with Crippen molar-refractivity contribution in [2.75, 3.05) is 13.2 Å². The van der Waals surface area contributed by atoms with E-state index in [1.807, 2.05) is 68.4 Å². The van der Waals surface area contributed by atoms with Gasteiger partial charge in [0.25, 0.3) is 5.91 Å². The van der Waals surface area contributed by atoms with Gasteiger partial charge < -0.3 is 15.0 Å². The van der Waals surface area contributed by atoms with Crippen LogP contribution >= 0.6 is 0 Å². The predicted molar refractivity (Wildman–Crippen MR) is 125 cm³/mol. The minimum absolute atomic E-state index is 0.0126. The average molecular weight is 425 g/mol. The van der Waals surface area contributed by atoms with Crippen LogP contribution in [0.5, 0.6) is 5.75 Å². The van der Waals surface area contributed by atoms with Gasteiger partial charge in [-0.25, -0.2) is 0 Å². The van der Waals surface area contributed by atoms with E-state index in [1.165, 1.54) is 5.56 Å². The lowest BCUT2D eigenvalue weighted by Crippen LogP contribution is -2.51. The number of carbonyl (C=O) groups excluding carboxylic acids is 2. The number of nitrogens with zero attached hydrogens (tertiary/aromatic N) is 1. The van der Waals surface area contributed by atoms with Gasteiger partial charge in [0.2, 0.25) is 5.91 Å². The van der Waals surface area contributed by atoms with Gasteiger partial charge in [-0.3, -0.25) is 9.59 Å². The molecule has 0 saturated carbocycles. The normalized spacial score (nSPS) is 12.4. The molecule has 5 heteroatoms. The van der Waals surface area contributed by atoms with Crippen LogP contribution in [-0.2, 0) is 21.4 Å². The smallest absolute Gasteiger partial charge is 0.261 e. The second-order valence-corrected chi connectivity index (χ2v) is 9.23. The Hall–Kier alpha value is -2.82. The number of rotatable bonds is 9. The second kappa shape index (κ2) is 11.0. The number of hydrogen-bond acceptors (Lipinski definition) is 3. The van der Waals surface area contributed by atoms with E-state index in [2.05, 4.69) is 26.1 Å². The van der Waals surface area contributed by atoms with E-state index < -0.39 is 6.04 Å². The van der Waals surface area contributed by atoms with Crippen molar-refractivity contribution in [3.8, 4) is 5.75 Å². The Labute approximate surface area is 186 Å². The lowest BCUT2D eigenvalue weighted by Gasteiger charge is -2.29. The van der Waals surface area contributed by atoms with Crippen molar-refractivity contribution < 1.29 is 14.3 Å². The quantitative estimate of drug-likeness (QED) is 0.651. The van der Waals surface area contributed by atoms with E-state index >= 15 is 0 Å². The summed E-state index contributed by atoms with van der Waals surface area (Å²) in [4.78, 5) is 27.2. The Morgan fingerprint density at radius 3 is 2.13 bits per heavy atom. The summed E-state index contributed by atoms with van der Waals surface area (Å²) >= 11 is 0. The largest absolute Gasteiger partial charge is 0.484 e. The highest BCUT2D eigenvalue weighted by Crippen LogP contribution is 2.24. The molecule has 1 N–H and O–H groups in total. The SMILES string of the molecule is CC(C)NC(=O)[C@@H](C)N(CCc1ccccc1)C(=O)COc1ccc(C(C)(C)C)cc1. The Bertz CT molecular complexity index is 839. The Kier molecular flexibility index (Phi) is 8.66. The average Bonchev–Trinajstić information content (AvgIpc) is 2.72. The third-order valence-electron chi connectivity index (χ3n) is 5.17. The highest BCUT2D eigenvalue weighted by atomic mass is 16.5. The van der Waals surface area contributed by atoms with Gasteiger partial charge in [-0.15, -0.1) is 0 Å². The van der Waals surface area contributed by atoms with Crippen molar-refractivity contribution in [1.82, 2.24) is 10.2 Å². The molecule has 0 heterocycles. The zero-order chi connectivity index (χ0) is 23.0.